The molecule has 2 rings (SSSR count). The van der Waals surface area contributed by atoms with Gasteiger partial charge in [-0.2, -0.15) is 31.4 Å². The number of nitrogens with zero attached hydrogens (tertiary/aromatic N) is 3. The maximum Gasteiger partial charge on any atom is 0.419 e. The second-order valence-corrected chi connectivity index (χ2v) is 4.09. The number of alkyl halides is 6. The molecule has 0 amide bonds. The van der Waals surface area contributed by atoms with Gasteiger partial charge in [0.15, 0.2) is 5.82 Å². The number of rotatable bonds is 1. The molecule has 3 nitrogen and oxygen atoms in total. The van der Waals surface area contributed by atoms with Crippen LogP contribution in [0.4, 0.5) is 26.3 Å². The van der Waals surface area contributed by atoms with E-state index in [0.717, 1.165) is 0 Å². The molecule has 2 heterocycles. The Hall–Kier alpha value is -1.77. The summed E-state index contributed by atoms with van der Waals surface area (Å²) >= 11 is 5.43. The molecule has 0 atom stereocenters. The normalized spacial score (nSPS) is 12.8. The molecule has 0 saturated heterocycles. The van der Waals surface area contributed by atoms with Gasteiger partial charge in [-0.05, 0) is 12.1 Å². The highest BCUT2D eigenvalue weighted by Crippen LogP contribution is 2.32. The Morgan fingerprint density at radius 2 is 1.55 bits per heavy atom. The van der Waals surface area contributed by atoms with Gasteiger partial charge in [0.25, 0.3) is 0 Å². The summed E-state index contributed by atoms with van der Waals surface area (Å²) < 4.78 is 75.4. The van der Waals surface area contributed by atoms with Crippen molar-refractivity contribution < 1.29 is 26.3 Å². The Kier molecular flexibility index (Phi) is 3.41. The van der Waals surface area contributed by atoms with Crippen LogP contribution in [0.5, 0.6) is 0 Å². The number of aromatic nitrogens is 3. The monoisotopic (exact) mass is 315 g/mol. The van der Waals surface area contributed by atoms with Crippen molar-refractivity contribution >= 4 is 11.6 Å². The van der Waals surface area contributed by atoms with E-state index in [0.29, 0.717) is 29.2 Å². The van der Waals surface area contributed by atoms with Crippen molar-refractivity contribution in [1.82, 2.24) is 14.8 Å². The van der Waals surface area contributed by atoms with E-state index in [4.69, 9.17) is 11.6 Å². The smallest absolute Gasteiger partial charge is 0.222 e. The maximum atomic E-state index is 12.6. The first-order valence-electron chi connectivity index (χ1n) is 4.94. The lowest BCUT2D eigenvalue weighted by Gasteiger charge is -2.09. The Morgan fingerprint density at radius 3 is 2.05 bits per heavy atom. The fraction of sp³-hybridized carbons (Fsp3) is 0.200. The van der Waals surface area contributed by atoms with Crippen LogP contribution in [0.1, 0.15) is 11.1 Å². The van der Waals surface area contributed by atoms with Crippen LogP contribution < -0.4 is 0 Å². The van der Waals surface area contributed by atoms with E-state index in [1.807, 2.05) is 0 Å². The van der Waals surface area contributed by atoms with Gasteiger partial charge in [-0.15, -0.1) is 0 Å². The van der Waals surface area contributed by atoms with Crippen LogP contribution in [0.3, 0.4) is 0 Å². The molecule has 2 aromatic rings. The molecule has 0 saturated carbocycles. The molecule has 0 aliphatic rings. The minimum absolute atomic E-state index is 0.458. The zero-order chi connectivity index (χ0) is 15.1. The largest absolute Gasteiger partial charge is 0.419 e. The average Bonchev–Trinajstić information content (AvgIpc) is 2.75. The van der Waals surface area contributed by atoms with Crippen LogP contribution in [0.15, 0.2) is 24.5 Å². The van der Waals surface area contributed by atoms with E-state index in [9.17, 15) is 26.3 Å². The van der Waals surface area contributed by atoms with Gasteiger partial charge < -0.3 is 0 Å². The van der Waals surface area contributed by atoms with Crippen molar-refractivity contribution in [2.24, 2.45) is 0 Å². The Labute approximate surface area is 112 Å². The standard InChI is InChI=1S/C10H4ClF6N3/c11-7-1-5(9(12,13)14)2-8(19-7)20-4-6(3-18-20)10(15,16)17/h1-4H. The zero-order valence-corrected chi connectivity index (χ0v) is 10.1. The first-order chi connectivity index (χ1) is 9.07. The number of hydrogen-bond acceptors (Lipinski definition) is 2. The summed E-state index contributed by atoms with van der Waals surface area (Å²) in [5.74, 6) is -0.458. The molecular formula is C10H4ClF6N3. The third-order valence-corrected chi connectivity index (χ3v) is 2.45. The van der Waals surface area contributed by atoms with Crippen LogP contribution in [-0.2, 0) is 12.4 Å². The summed E-state index contributed by atoms with van der Waals surface area (Å²) in [7, 11) is 0. The molecule has 0 fully saturated rings. The molecule has 0 aliphatic carbocycles. The third-order valence-electron chi connectivity index (χ3n) is 2.25. The highest BCUT2D eigenvalue weighted by atomic mass is 35.5. The van der Waals surface area contributed by atoms with Gasteiger partial charge in [-0.25, -0.2) is 9.67 Å². The molecule has 0 aliphatic heterocycles. The summed E-state index contributed by atoms with van der Waals surface area (Å²) in [6.07, 6.45) is -8.33. The van der Waals surface area contributed by atoms with Crippen LogP contribution in [0.25, 0.3) is 5.82 Å². The lowest BCUT2D eigenvalue weighted by atomic mass is 10.2. The number of hydrogen-bond donors (Lipinski definition) is 0. The Morgan fingerprint density at radius 1 is 0.950 bits per heavy atom. The van der Waals surface area contributed by atoms with Gasteiger partial charge in [-0.3, -0.25) is 0 Å². The predicted molar refractivity (Wildman–Crippen MR) is 56.4 cm³/mol. The van der Waals surface area contributed by atoms with Crippen molar-refractivity contribution in [3.05, 3.63) is 40.8 Å². The average molecular weight is 316 g/mol. The fourth-order valence-corrected chi connectivity index (χ4v) is 1.56. The van der Waals surface area contributed by atoms with Gasteiger partial charge in [0.1, 0.15) is 5.15 Å². The summed E-state index contributed by atoms with van der Waals surface area (Å²) in [5.41, 5.74) is -2.23. The first-order valence-corrected chi connectivity index (χ1v) is 5.32. The van der Waals surface area contributed by atoms with Crippen molar-refractivity contribution in [1.29, 1.82) is 0 Å². The molecule has 0 aromatic carbocycles. The van der Waals surface area contributed by atoms with E-state index in [-0.39, 0.29) is 0 Å². The van der Waals surface area contributed by atoms with Gasteiger partial charge in [0.05, 0.1) is 17.3 Å². The highest BCUT2D eigenvalue weighted by molar-refractivity contribution is 6.29. The second-order valence-electron chi connectivity index (χ2n) is 3.71. The van der Waals surface area contributed by atoms with Crippen LogP contribution in [0, 0.1) is 0 Å². The van der Waals surface area contributed by atoms with Gasteiger partial charge in [0.2, 0.25) is 0 Å². The molecule has 0 bridgehead atoms. The lowest BCUT2D eigenvalue weighted by Crippen LogP contribution is -2.08. The van der Waals surface area contributed by atoms with E-state index < -0.39 is 34.5 Å². The van der Waals surface area contributed by atoms with E-state index in [2.05, 4.69) is 10.1 Å². The van der Waals surface area contributed by atoms with Gasteiger partial charge in [-0.1, -0.05) is 11.6 Å². The number of halogens is 7. The third kappa shape index (κ3) is 3.03. The van der Waals surface area contributed by atoms with Crippen molar-refractivity contribution in [3.8, 4) is 5.82 Å². The molecule has 0 N–H and O–H groups in total. The van der Waals surface area contributed by atoms with Crippen molar-refractivity contribution in [3.63, 3.8) is 0 Å². The van der Waals surface area contributed by atoms with E-state index in [1.54, 1.807) is 0 Å². The van der Waals surface area contributed by atoms with Gasteiger partial charge in [0, 0.05) is 6.20 Å². The predicted octanol–water partition coefficient (Wildman–Crippen LogP) is 3.96. The van der Waals surface area contributed by atoms with E-state index in [1.165, 1.54) is 0 Å². The van der Waals surface area contributed by atoms with Crippen LogP contribution >= 0.6 is 11.6 Å². The highest BCUT2D eigenvalue weighted by Gasteiger charge is 2.34. The van der Waals surface area contributed by atoms with E-state index >= 15 is 0 Å². The Balaban J connectivity index is 2.48. The molecule has 108 valence electrons. The molecule has 0 unspecified atom stereocenters. The summed E-state index contributed by atoms with van der Waals surface area (Å²) in [4.78, 5) is 3.51. The number of pyridine rings is 1. The summed E-state index contributed by atoms with van der Waals surface area (Å²) in [6, 6.07) is 1.12. The van der Waals surface area contributed by atoms with Crippen LogP contribution in [-0.4, -0.2) is 14.8 Å². The molecule has 0 radical (unpaired) electrons. The molecule has 10 heteroatoms. The molecule has 0 spiro atoms. The Bertz CT molecular complexity index is 631. The molecule has 20 heavy (non-hydrogen) atoms. The zero-order valence-electron chi connectivity index (χ0n) is 9.30. The molecular weight excluding hydrogens is 312 g/mol. The minimum atomic E-state index is -4.69. The maximum absolute atomic E-state index is 12.6. The van der Waals surface area contributed by atoms with Crippen molar-refractivity contribution in [2.75, 3.05) is 0 Å². The summed E-state index contributed by atoms with van der Waals surface area (Å²) in [5, 5.41) is 2.82. The summed E-state index contributed by atoms with van der Waals surface area (Å²) in [6.45, 7) is 0. The fourth-order valence-electron chi connectivity index (χ4n) is 1.36. The topological polar surface area (TPSA) is 30.7 Å². The molecule has 2 aromatic heterocycles. The van der Waals surface area contributed by atoms with Gasteiger partial charge >= 0.3 is 12.4 Å². The quantitative estimate of drug-likeness (QED) is 0.589. The second kappa shape index (κ2) is 4.65. The lowest BCUT2D eigenvalue weighted by molar-refractivity contribution is -0.138. The van der Waals surface area contributed by atoms with Crippen LogP contribution in [0.2, 0.25) is 5.15 Å². The first kappa shape index (κ1) is 14.6. The minimum Gasteiger partial charge on any atom is -0.222 e. The SMILES string of the molecule is FC(F)(F)c1cc(Cl)nc(-n2cc(C(F)(F)F)cn2)c1. The van der Waals surface area contributed by atoms with Crippen molar-refractivity contribution in [2.45, 2.75) is 12.4 Å².